The quantitative estimate of drug-likeness (QED) is 0.183. The zero-order valence-electron chi connectivity index (χ0n) is 24.5. The topological polar surface area (TPSA) is 0 Å². The van der Waals surface area contributed by atoms with Crippen molar-refractivity contribution >= 4 is 19.1 Å². The third-order valence-corrected chi connectivity index (χ3v) is 61.0. The van der Waals surface area contributed by atoms with Crippen molar-refractivity contribution in [2.24, 2.45) is 0 Å². The van der Waals surface area contributed by atoms with Gasteiger partial charge in [0.15, 0.2) is 0 Å². The summed E-state index contributed by atoms with van der Waals surface area (Å²) in [5.74, 6) is 0. The molecule has 0 heterocycles. The van der Waals surface area contributed by atoms with Gasteiger partial charge in [0.25, 0.3) is 0 Å². The molecule has 6 rings (SSSR count). The van der Waals surface area contributed by atoms with Gasteiger partial charge in [-0.15, -0.1) is 0 Å². The van der Waals surface area contributed by atoms with Gasteiger partial charge in [-0.1, -0.05) is 0 Å². The van der Waals surface area contributed by atoms with Crippen LogP contribution in [-0.2, 0) is 14.2 Å². The van der Waals surface area contributed by atoms with E-state index in [2.05, 4.69) is 151 Å². The number of allylic oxidation sites excluding steroid dienone is 2. The van der Waals surface area contributed by atoms with E-state index in [1.807, 2.05) is 0 Å². The number of rotatable bonds is 5. The Balaban J connectivity index is 1.54. The Labute approximate surface area is 231 Å². The third-order valence-electron chi connectivity index (χ3n) is 11.4. The molecule has 2 aliphatic carbocycles. The second-order valence-electron chi connectivity index (χ2n) is 16.0. The maximum atomic E-state index is 2.77. The van der Waals surface area contributed by atoms with Gasteiger partial charge in [0, 0.05) is 0 Å². The van der Waals surface area contributed by atoms with Crippen LogP contribution in [0.15, 0.2) is 97.1 Å². The zero-order valence-corrected chi connectivity index (χ0v) is 29.5. The van der Waals surface area contributed by atoms with E-state index in [0.717, 1.165) is 0 Å². The van der Waals surface area contributed by atoms with Gasteiger partial charge < -0.3 is 0 Å². The average Bonchev–Trinajstić information content (AvgIpc) is 3.57. The van der Waals surface area contributed by atoms with Crippen LogP contribution in [0.5, 0.6) is 0 Å². The first-order valence-electron chi connectivity index (χ1n) is 14.6. The van der Waals surface area contributed by atoms with E-state index in [1.54, 1.807) is 0 Å². The molecule has 0 aliphatic heterocycles. The predicted molar refractivity (Wildman–Crippen MR) is 173 cm³/mol. The summed E-state index contributed by atoms with van der Waals surface area (Å²) in [6, 6.07) is 32.1. The number of aryl methyl sites for hydroxylation is 2. The molecule has 0 N–H and O–H groups in total. The first-order chi connectivity index (χ1) is 18.3. The van der Waals surface area contributed by atoms with Crippen LogP contribution in [0.25, 0.3) is 34.4 Å². The number of hydrogen-bond acceptors (Lipinski definition) is 0. The van der Waals surface area contributed by atoms with Gasteiger partial charge in [-0.05, 0) is 0 Å². The summed E-state index contributed by atoms with van der Waals surface area (Å²) in [7, 11) is 0. The Morgan fingerprint density at radius 2 is 0.974 bits per heavy atom. The molecule has 4 aromatic rings. The van der Waals surface area contributed by atoms with Crippen molar-refractivity contribution in [2.45, 2.75) is 46.3 Å². The fourth-order valence-electron chi connectivity index (χ4n) is 7.79. The molecule has 4 aromatic carbocycles. The second-order valence-corrected chi connectivity index (χ2v) is 98.4. The summed E-state index contributed by atoms with van der Waals surface area (Å²) in [5.41, 5.74) is 13.8. The first kappa shape index (κ1) is 26.7. The molecule has 0 bridgehead atoms. The monoisotopic (exact) mass is 694 g/mol. The Bertz CT molecular complexity index is 1700. The molecular formula is C37H42HfSi. The SMILES string of the molecule is C[CH2][Hf]([CH3])([CH3])([CH3])(=[SiH2])([CH]1C=Cc2c(-c3ccc(C)cc3)cccc21)[CH]1C=Cc2c(-c3ccc(C)cc3)cccc21. The van der Waals surface area contributed by atoms with E-state index in [1.165, 1.54) is 59.8 Å². The van der Waals surface area contributed by atoms with Gasteiger partial charge in [-0.25, -0.2) is 0 Å². The fraction of sp³-hybridized carbons (Fsp3) is 0.243. The average molecular weight is 693 g/mol. The summed E-state index contributed by atoms with van der Waals surface area (Å²) in [4.78, 5) is 0. The van der Waals surface area contributed by atoms with Crippen LogP contribution >= 0.6 is 0 Å². The van der Waals surface area contributed by atoms with Crippen LogP contribution in [-0.4, -0.2) is 6.94 Å². The van der Waals surface area contributed by atoms with Crippen molar-refractivity contribution in [1.29, 1.82) is 0 Å². The van der Waals surface area contributed by atoms with Crippen molar-refractivity contribution in [3.8, 4) is 22.3 Å². The third kappa shape index (κ3) is 3.85. The molecule has 0 fully saturated rings. The van der Waals surface area contributed by atoms with E-state index < -0.39 is 14.2 Å². The molecule has 0 radical (unpaired) electrons. The van der Waals surface area contributed by atoms with Gasteiger partial charge in [0.05, 0.1) is 0 Å². The van der Waals surface area contributed by atoms with Gasteiger partial charge in [0.2, 0.25) is 0 Å². The molecule has 39 heavy (non-hydrogen) atoms. The molecule has 0 nitrogen and oxygen atoms in total. The fourth-order valence-corrected chi connectivity index (χ4v) is 38.7. The number of hydrogen-bond donors (Lipinski definition) is 0. The Morgan fingerprint density at radius 1 is 0.590 bits per heavy atom. The predicted octanol–water partition coefficient (Wildman–Crippen LogP) is 10.4. The van der Waals surface area contributed by atoms with Crippen LogP contribution in [0.4, 0.5) is 0 Å². The van der Waals surface area contributed by atoms with Crippen LogP contribution in [0.2, 0.25) is 18.2 Å². The van der Waals surface area contributed by atoms with E-state index >= 15 is 0 Å². The van der Waals surface area contributed by atoms with Crippen molar-refractivity contribution in [3.05, 3.63) is 130 Å². The molecule has 2 atom stereocenters. The van der Waals surface area contributed by atoms with Crippen molar-refractivity contribution in [2.75, 3.05) is 0 Å². The van der Waals surface area contributed by atoms with E-state index in [0.29, 0.717) is 7.35 Å². The van der Waals surface area contributed by atoms with E-state index in [4.69, 9.17) is 0 Å². The van der Waals surface area contributed by atoms with Gasteiger partial charge in [0.1, 0.15) is 0 Å². The number of fused-ring (bicyclic) bond motifs is 2. The Kier molecular flexibility index (Phi) is 5.33. The maximum absolute atomic E-state index is 4.77. The summed E-state index contributed by atoms with van der Waals surface area (Å²) in [5, 5.41) is 0. The summed E-state index contributed by atoms with van der Waals surface area (Å²) >= 11 is -4.77. The molecule has 2 aliphatic rings. The Hall–Kier alpha value is -2.55. The normalized spacial score (nSPS) is 20.5. The first-order valence-corrected chi connectivity index (χ1v) is 40.4. The molecule has 198 valence electrons. The molecule has 2 heteroatoms. The summed E-state index contributed by atoms with van der Waals surface area (Å²) < 4.78 is 10.4. The van der Waals surface area contributed by atoms with Gasteiger partial charge in [-0.2, -0.15) is 0 Å². The molecule has 0 saturated carbocycles. The van der Waals surface area contributed by atoms with Gasteiger partial charge >= 0.3 is 232 Å². The minimum atomic E-state index is -4.77. The molecule has 0 spiro atoms. The molecule has 2 unspecified atom stereocenters. The second kappa shape index (κ2) is 7.80. The Morgan fingerprint density at radius 3 is 1.33 bits per heavy atom. The van der Waals surface area contributed by atoms with Crippen molar-refractivity contribution in [3.63, 3.8) is 0 Å². The zero-order chi connectivity index (χ0) is 27.7. The van der Waals surface area contributed by atoms with Crippen LogP contribution in [0.3, 0.4) is 0 Å². The van der Waals surface area contributed by atoms with Crippen LogP contribution < -0.4 is 0 Å². The van der Waals surface area contributed by atoms with Crippen molar-refractivity contribution < 1.29 is 14.2 Å². The molecule has 0 aromatic heterocycles. The van der Waals surface area contributed by atoms with E-state index in [-0.39, 0.29) is 0 Å². The minimum absolute atomic E-state index is 0.432. The molecular weight excluding hydrogens is 651 g/mol. The summed E-state index contributed by atoms with van der Waals surface area (Å²) in [6.07, 6.45) is 10.1. The van der Waals surface area contributed by atoms with E-state index in [9.17, 15) is 0 Å². The van der Waals surface area contributed by atoms with Crippen LogP contribution in [0.1, 0.15) is 47.7 Å². The number of benzene rings is 4. The van der Waals surface area contributed by atoms with Gasteiger partial charge in [-0.3, -0.25) is 0 Å². The molecule has 0 amide bonds. The van der Waals surface area contributed by atoms with Crippen LogP contribution in [0, 0.1) is 13.8 Å². The standard InChI is InChI=1S/2C16H13.C2H5.3CH3.Hf.H2Si/c2*1-12-8-10-14(11-9-12)16-7-3-5-13-4-2-6-15(13)16;1-2;;;;;/h2*2-11H,1H3;1H2,2H3;3*1H3;;1H2. The molecule has 0 saturated heterocycles. The van der Waals surface area contributed by atoms with Crippen molar-refractivity contribution in [1.82, 2.24) is 0 Å². The summed E-state index contributed by atoms with van der Waals surface area (Å²) in [6.45, 7) is 9.26.